The van der Waals surface area contributed by atoms with Crippen LogP contribution >= 0.6 is 23.2 Å². The van der Waals surface area contributed by atoms with E-state index < -0.39 is 5.54 Å². The predicted octanol–water partition coefficient (Wildman–Crippen LogP) is 3.29. The van der Waals surface area contributed by atoms with E-state index >= 15 is 0 Å². The highest BCUT2D eigenvalue weighted by molar-refractivity contribution is 6.37. The number of rotatable bonds is 3. The predicted molar refractivity (Wildman–Crippen MR) is 77.3 cm³/mol. The number of morpholine rings is 1. The number of halogens is 2. The van der Waals surface area contributed by atoms with Crippen molar-refractivity contribution in [3.8, 4) is 0 Å². The Morgan fingerprint density at radius 2 is 1.89 bits per heavy atom. The molecule has 0 spiro atoms. The standard InChI is InChI=1S/C14H17Cl2NO2/c1-14(2,17-5-7-19-8-6-17)13(18)11-4-3-10(15)9-12(11)16/h3-4,9H,5-8H2,1-2H3. The van der Waals surface area contributed by atoms with Crippen LogP contribution in [-0.4, -0.2) is 42.5 Å². The molecule has 0 unspecified atom stereocenters. The molecule has 1 fully saturated rings. The van der Waals surface area contributed by atoms with Crippen LogP contribution in [0.3, 0.4) is 0 Å². The van der Waals surface area contributed by atoms with Gasteiger partial charge in [-0.25, -0.2) is 0 Å². The number of hydrogen-bond donors (Lipinski definition) is 0. The number of benzene rings is 1. The molecule has 0 amide bonds. The quantitative estimate of drug-likeness (QED) is 0.803. The summed E-state index contributed by atoms with van der Waals surface area (Å²) in [5.74, 6) is 0.0102. The lowest BCUT2D eigenvalue weighted by molar-refractivity contribution is -0.00429. The van der Waals surface area contributed by atoms with E-state index in [1.165, 1.54) is 0 Å². The van der Waals surface area contributed by atoms with Gasteiger partial charge in [0.15, 0.2) is 5.78 Å². The number of hydrogen-bond acceptors (Lipinski definition) is 3. The summed E-state index contributed by atoms with van der Waals surface area (Å²) in [6.07, 6.45) is 0. The topological polar surface area (TPSA) is 29.5 Å². The highest BCUT2D eigenvalue weighted by Crippen LogP contribution is 2.28. The molecule has 2 rings (SSSR count). The van der Waals surface area contributed by atoms with Gasteiger partial charge < -0.3 is 4.74 Å². The maximum Gasteiger partial charge on any atom is 0.183 e. The van der Waals surface area contributed by atoms with Crippen LogP contribution in [0.1, 0.15) is 24.2 Å². The van der Waals surface area contributed by atoms with E-state index in [9.17, 15) is 4.79 Å². The van der Waals surface area contributed by atoms with Crippen LogP contribution in [-0.2, 0) is 4.74 Å². The second-order valence-electron chi connectivity index (χ2n) is 5.11. The third-order valence-corrected chi connectivity index (χ3v) is 4.08. The molecule has 19 heavy (non-hydrogen) atoms. The van der Waals surface area contributed by atoms with Crippen molar-refractivity contribution < 1.29 is 9.53 Å². The Morgan fingerprint density at radius 3 is 2.47 bits per heavy atom. The molecule has 1 aromatic carbocycles. The monoisotopic (exact) mass is 301 g/mol. The summed E-state index contributed by atoms with van der Waals surface area (Å²) < 4.78 is 5.32. The zero-order chi connectivity index (χ0) is 14.0. The Hall–Kier alpha value is -0.610. The highest BCUT2D eigenvalue weighted by Gasteiger charge is 2.36. The van der Waals surface area contributed by atoms with Crippen molar-refractivity contribution >= 4 is 29.0 Å². The molecule has 0 bridgehead atoms. The summed E-state index contributed by atoms with van der Waals surface area (Å²) in [6.45, 7) is 6.67. The fraction of sp³-hybridized carbons (Fsp3) is 0.500. The average Bonchev–Trinajstić information content (AvgIpc) is 2.39. The maximum atomic E-state index is 12.7. The van der Waals surface area contributed by atoms with Crippen LogP contribution in [0.25, 0.3) is 0 Å². The van der Waals surface area contributed by atoms with E-state index in [1.54, 1.807) is 18.2 Å². The third-order valence-electron chi connectivity index (χ3n) is 3.53. The summed E-state index contributed by atoms with van der Waals surface area (Å²) in [7, 11) is 0. The fourth-order valence-electron chi connectivity index (χ4n) is 2.27. The number of Topliss-reactive ketones (excluding diaryl/α,β-unsaturated/α-hetero) is 1. The maximum absolute atomic E-state index is 12.7. The lowest BCUT2D eigenvalue weighted by Gasteiger charge is -2.39. The minimum absolute atomic E-state index is 0.0102. The zero-order valence-corrected chi connectivity index (χ0v) is 12.6. The molecule has 1 saturated heterocycles. The Morgan fingerprint density at radius 1 is 1.26 bits per heavy atom. The van der Waals surface area contributed by atoms with Crippen molar-refractivity contribution in [2.75, 3.05) is 26.3 Å². The summed E-state index contributed by atoms with van der Waals surface area (Å²) in [5.41, 5.74) is -0.0797. The molecular weight excluding hydrogens is 285 g/mol. The Labute approximate surface area is 123 Å². The molecule has 0 aliphatic carbocycles. The van der Waals surface area contributed by atoms with Gasteiger partial charge in [0.1, 0.15) is 0 Å². The normalized spacial score (nSPS) is 17.5. The van der Waals surface area contributed by atoms with Crippen molar-refractivity contribution in [1.29, 1.82) is 0 Å². The van der Waals surface area contributed by atoms with Gasteiger partial charge in [0.25, 0.3) is 0 Å². The molecule has 3 nitrogen and oxygen atoms in total. The lowest BCUT2D eigenvalue weighted by atomic mass is 9.91. The third kappa shape index (κ3) is 3.11. The molecular formula is C14H17Cl2NO2. The van der Waals surface area contributed by atoms with Crippen molar-refractivity contribution in [3.05, 3.63) is 33.8 Å². The Bertz CT molecular complexity index is 482. The molecule has 1 aromatic rings. The van der Waals surface area contributed by atoms with Gasteiger partial charge in [-0.2, -0.15) is 0 Å². The van der Waals surface area contributed by atoms with Gasteiger partial charge in [0, 0.05) is 23.7 Å². The summed E-state index contributed by atoms with van der Waals surface area (Å²) >= 11 is 12.0. The van der Waals surface area contributed by atoms with Crippen molar-refractivity contribution in [2.24, 2.45) is 0 Å². The SMILES string of the molecule is CC(C)(C(=O)c1ccc(Cl)cc1Cl)N1CCOCC1. The van der Waals surface area contributed by atoms with Crippen molar-refractivity contribution in [3.63, 3.8) is 0 Å². The second-order valence-corrected chi connectivity index (χ2v) is 5.96. The molecule has 0 saturated carbocycles. The van der Waals surface area contributed by atoms with Crippen molar-refractivity contribution in [1.82, 2.24) is 4.90 Å². The number of carbonyl (C=O) groups is 1. The first kappa shape index (κ1) is 14.8. The summed E-state index contributed by atoms with van der Waals surface area (Å²) in [6, 6.07) is 4.98. The van der Waals surface area contributed by atoms with E-state index in [1.807, 2.05) is 13.8 Å². The van der Waals surface area contributed by atoms with Gasteiger partial charge >= 0.3 is 0 Å². The molecule has 0 atom stereocenters. The molecule has 104 valence electrons. The van der Waals surface area contributed by atoms with Crippen LogP contribution in [0.4, 0.5) is 0 Å². The van der Waals surface area contributed by atoms with E-state index in [2.05, 4.69) is 4.90 Å². The van der Waals surface area contributed by atoms with Crippen LogP contribution < -0.4 is 0 Å². The first-order valence-electron chi connectivity index (χ1n) is 6.25. The van der Waals surface area contributed by atoms with Gasteiger partial charge in [-0.1, -0.05) is 23.2 Å². The van der Waals surface area contributed by atoms with Crippen LogP contribution in [0, 0.1) is 0 Å². The van der Waals surface area contributed by atoms with Crippen LogP contribution in [0.15, 0.2) is 18.2 Å². The smallest absolute Gasteiger partial charge is 0.183 e. The summed E-state index contributed by atoms with van der Waals surface area (Å²) in [4.78, 5) is 14.8. The first-order chi connectivity index (χ1) is 8.93. The molecule has 0 radical (unpaired) electrons. The van der Waals surface area contributed by atoms with Gasteiger partial charge in [-0.3, -0.25) is 9.69 Å². The van der Waals surface area contributed by atoms with E-state index in [0.717, 1.165) is 13.1 Å². The average molecular weight is 302 g/mol. The fourth-order valence-corrected chi connectivity index (χ4v) is 2.76. The van der Waals surface area contributed by atoms with Crippen LogP contribution in [0.5, 0.6) is 0 Å². The summed E-state index contributed by atoms with van der Waals surface area (Å²) in [5, 5.41) is 0.935. The Kier molecular flexibility index (Phi) is 4.51. The van der Waals surface area contributed by atoms with Gasteiger partial charge in [-0.05, 0) is 32.0 Å². The molecule has 1 aliphatic rings. The van der Waals surface area contributed by atoms with Crippen LogP contribution in [0.2, 0.25) is 10.0 Å². The number of ether oxygens (including phenoxy) is 1. The number of nitrogens with zero attached hydrogens (tertiary/aromatic N) is 1. The molecule has 0 aromatic heterocycles. The minimum Gasteiger partial charge on any atom is -0.379 e. The Balaban J connectivity index is 2.26. The first-order valence-corrected chi connectivity index (χ1v) is 7.01. The highest BCUT2D eigenvalue weighted by atomic mass is 35.5. The van der Waals surface area contributed by atoms with E-state index in [-0.39, 0.29) is 5.78 Å². The van der Waals surface area contributed by atoms with E-state index in [0.29, 0.717) is 28.8 Å². The van der Waals surface area contributed by atoms with Gasteiger partial charge in [-0.15, -0.1) is 0 Å². The zero-order valence-electron chi connectivity index (χ0n) is 11.1. The second kappa shape index (κ2) is 5.80. The molecule has 5 heteroatoms. The lowest BCUT2D eigenvalue weighted by Crippen LogP contribution is -2.54. The largest absolute Gasteiger partial charge is 0.379 e. The van der Waals surface area contributed by atoms with Gasteiger partial charge in [0.05, 0.1) is 23.8 Å². The van der Waals surface area contributed by atoms with Gasteiger partial charge in [0.2, 0.25) is 0 Å². The van der Waals surface area contributed by atoms with Crippen molar-refractivity contribution in [2.45, 2.75) is 19.4 Å². The minimum atomic E-state index is -0.596. The van der Waals surface area contributed by atoms with E-state index in [4.69, 9.17) is 27.9 Å². The molecule has 1 aliphatic heterocycles. The number of carbonyl (C=O) groups excluding carboxylic acids is 1. The number of ketones is 1. The molecule has 1 heterocycles. The molecule has 0 N–H and O–H groups in total.